The molecule has 0 unspecified atom stereocenters. The molecule has 1 atom stereocenters. The zero-order valence-electron chi connectivity index (χ0n) is 7.48. The number of carbonyl (C=O) groups excluding carboxylic acids is 1. The van der Waals surface area contributed by atoms with Crippen LogP contribution in [0.2, 0.25) is 0 Å². The molecular weight excluding hydrogens is 246 g/mol. The Bertz CT molecular complexity index is 350. The summed E-state index contributed by atoms with van der Waals surface area (Å²) in [4.78, 5) is 13.1. The third-order valence-corrected chi connectivity index (χ3v) is 2.84. The van der Waals surface area contributed by atoms with Crippen molar-refractivity contribution in [2.24, 2.45) is 0 Å². The molecule has 0 radical (unpaired) electrons. The molecule has 0 aliphatic carbocycles. The van der Waals surface area contributed by atoms with Crippen molar-refractivity contribution < 1.29 is 9.90 Å². The molecule has 0 spiro atoms. The monoisotopic (exact) mass is 255 g/mol. The predicted molar refractivity (Wildman–Crippen MR) is 57.1 cm³/mol. The fourth-order valence-electron chi connectivity index (χ4n) is 1.54. The van der Waals surface area contributed by atoms with Gasteiger partial charge in [-0.2, -0.15) is 0 Å². The number of carbonyl (C=O) groups is 1. The van der Waals surface area contributed by atoms with E-state index >= 15 is 0 Å². The Morgan fingerprint density at radius 1 is 1.36 bits per heavy atom. The van der Waals surface area contributed by atoms with E-state index in [1.807, 2.05) is 24.3 Å². The maximum atomic E-state index is 11.5. The summed E-state index contributed by atoms with van der Waals surface area (Å²) in [5, 5.41) is 9.28. The van der Waals surface area contributed by atoms with Crippen LogP contribution in [0.25, 0.3) is 0 Å². The molecule has 3 nitrogen and oxygen atoms in total. The second-order valence-electron chi connectivity index (χ2n) is 3.27. The third-order valence-electron chi connectivity index (χ3n) is 2.32. The van der Waals surface area contributed by atoms with Gasteiger partial charge in [0.25, 0.3) is 5.91 Å². The number of nitrogens with zero attached hydrogens (tertiary/aromatic N) is 1. The van der Waals surface area contributed by atoms with Crippen LogP contribution in [0.3, 0.4) is 0 Å². The number of rotatable bonds is 1. The molecule has 2 rings (SSSR count). The number of benzene rings is 1. The maximum absolute atomic E-state index is 11.5. The quantitative estimate of drug-likeness (QED) is 0.828. The molecule has 1 aliphatic heterocycles. The summed E-state index contributed by atoms with van der Waals surface area (Å²) in [5.41, 5.74) is 0.842. The molecule has 74 valence electrons. The van der Waals surface area contributed by atoms with Crippen LogP contribution < -0.4 is 4.90 Å². The molecule has 1 aliphatic rings. The molecule has 0 aromatic heterocycles. The van der Waals surface area contributed by atoms with Crippen LogP contribution in [0.4, 0.5) is 5.69 Å². The minimum Gasteiger partial charge on any atom is -0.383 e. The number of hydrogen-bond acceptors (Lipinski definition) is 2. The fraction of sp³-hybridized carbons (Fsp3) is 0.300. The van der Waals surface area contributed by atoms with Crippen molar-refractivity contribution in [1.82, 2.24) is 0 Å². The zero-order chi connectivity index (χ0) is 10.1. The van der Waals surface area contributed by atoms with Crippen LogP contribution in [-0.4, -0.2) is 23.7 Å². The summed E-state index contributed by atoms with van der Waals surface area (Å²) in [7, 11) is 0. The number of aliphatic hydroxyl groups is 1. The highest BCUT2D eigenvalue weighted by atomic mass is 79.9. The lowest BCUT2D eigenvalue weighted by Crippen LogP contribution is -2.28. The number of hydrogen-bond donors (Lipinski definition) is 1. The first kappa shape index (κ1) is 9.68. The van der Waals surface area contributed by atoms with Gasteiger partial charge in [-0.1, -0.05) is 15.9 Å². The van der Waals surface area contributed by atoms with Crippen molar-refractivity contribution in [2.75, 3.05) is 11.4 Å². The topological polar surface area (TPSA) is 40.5 Å². The predicted octanol–water partition coefficient (Wildman–Crippen LogP) is 1.55. The van der Waals surface area contributed by atoms with Crippen LogP contribution in [0, 0.1) is 0 Å². The largest absolute Gasteiger partial charge is 0.383 e. The molecule has 1 fully saturated rings. The van der Waals surface area contributed by atoms with Gasteiger partial charge >= 0.3 is 0 Å². The standard InChI is InChI=1S/C10H10BrNO2/c11-7-1-3-8(4-2-7)12-6-5-9(13)10(12)14/h1-4,9,13H,5-6H2/t9-/m0/s1. The molecule has 1 amide bonds. The van der Waals surface area contributed by atoms with Gasteiger partial charge in [-0.25, -0.2) is 0 Å². The molecule has 1 heterocycles. The lowest BCUT2D eigenvalue weighted by Gasteiger charge is -2.15. The van der Waals surface area contributed by atoms with Gasteiger partial charge in [-0.3, -0.25) is 4.79 Å². The van der Waals surface area contributed by atoms with Gasteiger partial charge in [-0.15, -0.1) is 0 Å². The lowest BCUT2D eigenvalue weighted by molar-refractivity contribution is -0.123. The molecular formula is C10H10BrNO2. The van der Waals surface area contributed by atoms with E-state index in [0.717, 1.165) is 10.2 Å². The van der Waals surface area contributed by atoms with Crippen molar-refractivity contribution in [2.45, 2.75) is 12.5 Å². The van der Waals surface area contributed by atoms with E-state index in [4.69, 9.17) is 0 Å². The normalized spacial score (nSPS) is 21.7. The average Bonchev–Trinajstić information content (AvgIpc) is 2.50. The molecule has 14 heavy (non-hydrogen) atoms. The molecule has 1 N–H and O–H groups in total. The van der Waals surface area contributed by atoms with Crippen LogP contribution >= 0.6 is 15.9 Å². The van der Waals surface area contributed by atoms with E-state index in [2.05, 4.69) is 15.9 Å². The van der Waals surface area contributed by atoms with Crippen molar-refractivity contribution in [3.05, 3.63) is 28.7 Å². The highest BCUT2D eigenvalue weighted by Crippen LogP contribution is 2.23. The van der Waals surface area contributed by atoms with Crippen LogP contribution in [0.1, 0.15) is 6.42 Å². The molecule has 1 aromatic rings. The zero-order valence-corrected chi connectivity index (χ0v) is 9.07. The molecule has 1 aromatic carbocycles. The highest BCUT2D eigenvalue weighted by Gasteiger charge is 2.30. The smallest absolute Gasteiger partial charge is 0.255 e. The summed E-state index contributed by atoms with van der Waals surface area (Å²) >= 11 is 3.33. The number of anilines is 1. The SMILES string of the molecule is O=C1[C@@H](O)CCN1c1ccc(Br)cc1. The van der Waals surface area contributed by atoms with E-state index in [-0.39, 0.29) is 5.91 Å². The Kier molecular flexibility index (Phi) is 2.56. The van der Waals surface area contributed by atoms with Gasteiger partial charge in [0.15, 0.2) is 0 Å². The van der Waals surface area contributed by atoms with Crippen molar-refractivity contribution in [3.63, 3.8) is 0 Å². The van der Waals surface area contributed by atoms with Gasteiger partial charge in [0.1, 0.15) is 6.10 Å². The summed E-state index contributed by atoms with van der Waals surface area (Å²) in [6.07, 6.45) is -0.298. The number of halogens is 1. The third kappa shape index (κ3) is 1.67. The first-order valence-electron chi connectivity index (χ1n) is 4.43. The Hall–Kier alpha value is -0.870. The first-order chi connectivity index (χ1) is 6.68. The van der Waals surface area contributed by atoms with Crippen LogP contribution in [0.5, 0.6) is 0 Å². The minimum absolute atomic E-state index is 0.202. The number of amides is 1. The van der Waals surface area contributed by atoms with Gasteiger partial charge in [-0.05, 0) is 24.3 Å². The average molecular weight is 256 g/mol. The van der Waals surface area contributed by atoms with Crippen molar-refractivity contribution >= 4 is 27.5 Å². The van der Waals surface area contributed by atoms with E-state index in [1.54, 1.807) is 4.90 Å². The van der Waals surface area contributed by atoms with Gasteiger partial charge < -0.3 is 10.0 Å². The minimum atomic E-state index is -0.821. The molecule has 4 heteroatoms. The van der Waals surface area contributed by atoms with E-state index in [0.29, 0.717) is 13.0 Å². The maximum Gasteiger partial charge on any atom is 0.255 e. The van der Waals surface area contributed by atoms with Crippen LogP contribution in [0.15, 0.2) is 28.7 Å². The van der Waals surface area contributed by atoms with Gasteiger partial charge in [0, 0.05) is 23.1 Å². The van der Waals surface area contributed by atoms with Gasteiger partial charge in [0.2, 0.25) is 0 Å². The second kappa shape index (κ2) is 3.71. The first-order valence-corrected chi connectivity index (χ1v) is 5.23. The number of aliphatic hydroxyl groups excluding tert-OH is 1. The van der Waals surface area contributed by atoms with Crippen molar-refractivity contribution in [1.29, 1.82) is 0 Å². The van der Waals surface area contributed by atoms with E-state index in [9.17, 15) is 9.90 Å². The summed E-state index contributed by atoms with van der Waals surface area (Å²) < 4.78 is 0.980. The Morgan fingerprint density at radius 3 is 2.50 bits per heavy atom. The second-order valence-corrected chi connectivity index (χ2v) is 4.19. The van der Waals surface area contributed by atoms with E-state index in [1.165, 1.54) is 0 Å². The Morgan fingerprint density at radius 2 is 2.00 bits per heavy atom. The van der Waals surface area contributed by atoms with E-state index < -0.39 is 6.10 Å². The molecule has 1 saturated heterocycles. The van der Waals surface area contributed by atoms with Crippen molar-refractivity contribution in [3.8, 4) is 0 Å². The summed E-state index contributed by atoms with van der Waals surface area (Å²) in [6, 6.07) is 7.49. The molecule has 0 bridgehead atoms. The van der Waals surface area contributed by atoms with Crippen LogP contribution in [-0.2, 0) is 4.79 Å². The highest BCUT2D eigenvalue weighted by molar-refractivity contribution is 9.10. The summed E-state index contributed by atoms with van der Waals surface area (Å²) in [5.74, 6) is -0.202. The Balaban J connectivity index is 2.24. The lowest BCUT2D eigenvalue weighted by atomic mass is 10.3. The Labute approximate surface area is 90.5 Å². The molecule has 0 saturated carbocycles. The van der Waals surface area contributed by atoms with Gasteiger partial charge in [0.05, 0.1) is 0 Å². The summed E-state index contributed by atoms with van der Waals surface area (Å²) in [6.45, 7) is 0.599. The fourth-order valence-corrected chi connectivity index (χ4v) is 1.81.